The number of hydrogen-bond donors (Lipinski definition) is 3. The van der Waals surface area contributed by atoms with Crippen LogP contribution in [0.15, 0.2) is 24.3 Å². The Bertz CT molecular complexity index is 1090. The molecule has 1 amide bonds. The molecular formula is C64H123NO5. The number of rotatable bonds is 59. The summed E-state index contributed by atoms with van der Waals surface area (Å²) in [4.78, 5) is 24.5. The van der Waals surface area contributed by atoms with Crippen LogP contribution in [0.25, 0.3) is 0 Å². The molecule has 6 heteroatoms. The SMILES string of the molecule is CCCCCCCCCCCCCCCCCCC/C=C/C(O)C(CO)NC(=O)CCCCCCCCC/C=C\CCCCCCCCCCCCCCOC(=O)CCCCCCCCCCCCC. The van der Waals surface area contributed by atoms with Crippen molar-refractivity contribution >= 4 is 11.9 Å². The van der Waals surface area contributed by atoms with E-state index in [1.165, 1.54) is 276 Å². The average Bonchev–Trinajstić information content (AvgIpc) is 3.36. The largest absolute Gasteiger partial charge is 0.466 e. The third-order valence-electron chi connectivity index (χ3n) is 14.7. The van der Waals surface area contributed by atoms with Gasteiger partial charge in [0.25, 0.3) is 0 Å². The number of aliphatic hydroxyl groups is 2. The summed E-state index contributed by atoms with van der Waals surface area (Å²) in [7, 11) is 0. The van der Waals surface area contributed by atoms with Crippen molar-refractivity contribution < 1.29 is 24.5 Å². The Labute approximate surface area is 437 Å². The minimum absolute atomic E-state index is 0.0110. The van der Waals surface area contributed by atoms with Crippen molar-refractivity contribution in [1.29, 1.82) is 0 Å². The predicted molar refractivity (Wildman–Crippen MR) is 306 cm³/mol. The van der Waals surface area contributed by atoms with Crippen LogP contribution in [0.1, 0.15) is 348 Å². The van der Waals surface area contributed by atoms with E-state index >= 15 is 0 Å². The number of carbonyl (C=O) groups is 2. The van der Waals surface area contributed by atoms with Gasteiger partial charge in [-0.25, -0.2) is 0 Å². The molecule has 414 valence electrons. The van der Waals surface area contributed by atoms with E-state index in [1.54, 1.807) is 6.08 Å². The molecule has 0 aliphatic rings. The number of ether oxygens (including phenoxy) is 1. The van der Waals surface area contributed by atoms with Crippen LogP contribution < -0.4 is 5.32 Å². The highest BCUT2D eigenvalue weighted by atomic mass is 16.5. The van der Waals surface area contributed by atoms with Gasteiger partial charge in [0.05, 0.1) is 25.4 Å². The number of hydrogen-bond acceptors (Lipinski definition) is 5. The van der Waals surface area contributed by atoms with Gasteiger partial charge in [-0.15, -0.1) is 0 Å². The molecule has 0 aromatic heterocycles. The van der Waals surface area contributed by atoms with Crippen molar-refractivity contribution in [2.24, 2.45) is 0 Å². The Morgan fingerprint density at radius 2 is 0.671 bits per heavy atom. The first-order valence-electron chi connectivity index (χ1n) is 31.6. The molecule has 0 spiro atoms. The first kappa shape index (κ1) is 68.3. The van der Waals surface area contributed by atoms with Gasteiger partial charge in [0.2, 0.25) is 5.91 Å². The molecule has 6 nitrogen and oxygen atoms in total. The van der Waals surface area contributed by atoms with Gasteiger partial charge in [-0.05, 0) is 57.8 Å². The van der Waals surface area contributed by atoms with E-state index in [4.69, 9.17) is 4.74 Å². The predicted octanol–water partition coefficient (Wildman–Crippen LogP) is 19.8. The van der Waals surface area contributed by atoms with E-state index in [1.807, 2.05) is 6.08 Å². The second-order valence-electron chi connectivity index (χ2n) is 21.7. The third kappa shape index (κ3) is 55.7. The van der Waals surface area contributed by atoms with Gasteiger partial charge in [0.1, 0.15) is 0 Å². The monoisotopic (exact) mass is 986 g/mol. The zero-order chi connectivity index (χ0) is 50.7. The van der Waals surface area contributed by atoms with Crippen LogP contribution in [0.4, 0.5) is 0 Å². The van der Waals surface area contributed by atoms with Crippen molar-refractivity contribution in [2.45, 2.75) is 360 Å². The molecule has 0 bridgehead atoms. The highest BCUT2D eigenvalue weighted by molar-refractivity contribution is 5.76. The zero-order valence-electron chi connectivity index (χ0n) is 47.3. The maximum Gasteiger partial charge on any atom is 0.305 e. The Kier molecular flexibility index (Phi) is 58.5. The van der Waals surface area contributed by atoms with E-state index < -0.39 is 12.1 Å². The van der Waals surface area contributed by atoms with E-state index in [9.17, 15) is 19.8 Å². The van der Waals surface area contributed by atoms with E-state index in [-0.39, 0.29) is 18.5 Å². The second kappa shape index (κ2) is 59.9. The molecule has 0 aliphatic heterocycles. The molecule has 0 fully saturated rings. The number of carbonyl (C=O) groups excluding carboxylic acids is 2. The summed E-state index contributed by atoms with van der Waals surface area (Å²) in [5.74, 6) is -0.0604. The van der Waals surface area contributed by atoms with Crippen LogP contribution in [0.5, 0.6) is 0 Å². The highest BCUT2D eigenvalue weighted by Gasteiger charge is 2.18. The standard InChI is InChI=1S/C64H123NO5/c1-3-5-7-9-11-13-15-16-17-18-24-27-30-33-37-40-44-48-52-56-62(67)61(60-66)65-63(68)57-53-49-45-41-38-34-31-28-25-22-20-19-21-23-26-29-32-35-39-43-47-51-55-59-70-64(69)58-54-50-46-42-36-14-12-10-8-6-4-2/h22,25,52,56,61-62,66-67H,3-21,23-24,26-51,53-55,57-60H2,1-2H3,(H,65,68)/b25-22-,56-52+. The Morgan fingerprint density at radius 1 is 0.386 bits per heavy atom. The van der Waals surface area contributed by atoms with Crippen LogP contribution in [0, 0.1) is 0 Å². The summed E-state index contributed by atoms with van der Waals surface area (Å²) in [6.07, 6.45) is 73.6. The van der Waals surface area contributed by atoms with Gasteiger partial charge in [-0.3, -0.25) is 9.59 Å². The van der Waals surface area contributed by atoms with E-state index in [2.05, 4.69) is 31.3 Å². The van der Waals surface area contributed by atoms with Gasteiger partial charge < -0.3 is 20.3 Å². The molecule has 3 N–H and O–H groups in total. The molecule has 0 heterocycles. The molecule has 2 unspecified atom stereocenters. The van der Waals surface area contributed by atoms with Gasteiger partial charge in [-0.2, -0.15) is 0 Å². The Morgan fingerprint density at radius 3 is 1.01 bits per heavy atom. The third-order valence-corrected chi connectivity index (χ3v) is 14.7. The van der Waals surface area contributed by atoms with Gasteiger partial charge in [-0.1, -0.05) is 301 Å². The number of unbranched alkanes of at least 4 members (excludes halogenated alkanes) is 46. The van der Waals surface area contributed by atoms with Crippen LogP contribution in [-0.2, 0) is 14.3 Å². The average molecular weight is 987 g/mol. The number of nitrogens with one attached hydrogen (secondary N) is 1. The number of aliphatic hydroxyl groups excluding tert-OH is 2. The van der Waals surface area contributed by atoms with Gasteiger partial charge in [0, 0.05) is 12.8 Å². The lowest BCUT2D eigenvalue weighted by Gasteiger charge is -2.20. The molecule has 0 aromatic rings. The van der Waals surface area contributed by atoms with Gasteiger partial charge in [0.15, 0.2) is 0 Å². The first-order valence-corrected chi connectivity index (χ1v) is 31.6. The maximum absolute atomic E-state index is 12.5. The summed E-state index contributed by atoms with van der Waals surface area (Å²) in [6.45, 7) is 4.92. The van der Waals surface area contributed by atoms with Crippen molar-refractivity contribution in [3.8, 4) is 0 Å². The lowest BCUT2D eigenvalue weighted by Crippen LogP contribution is -2.45. The molecule has 0 radical (unpaired) electrons. The molecule has 70 heavy (non-hydrogen) atoms. The lowest BCUT2D eigenvalue weighted by atomic mass is 10.0. The summed E-state index contributed by atoms with van der Waals surface area (Å²) in [5.41, 5.74) is 0. The molecule has 0 rings (SSSR count). The maximum atomic E-state index is 12.5. The smallest absolute Gasteiger partial charge is 0.305 e. The normalized spacial score (nSPS) is 12.7. The fraction of sp³-hybridized carbons (Fsp3) is 0.906. The molecule has 2 atom stereocenters. The molecular weight excluding hydrogens is 863 g/mol. The lowest BCUT2D eigenvalue weighted by molar-refractivity contribution is -0.143. The molecule has 0 saturated carbocycles. The van der Waals surface area contributed by atoms with E-state index in [0.29, 0.717) is 19.4 Å². The fourth-order valence-corrected chi connectivity index (χ4v) is 9.87. The second-order valence-corrected chi connectivity index (χ2v) is 21.7. The van der Waals surface area contributed by atoms with E-state index in [0.717, 1.165) is 44.9 Å². The summed E-state index contributed by atoms with van der Waals surface area (Å²) < 4.78 is 5.47. The van der Waals surface area contributed by atoms with Gasteiger partial charge >= 0.3 is 5.97 Å². The van der Waals surface area contributed by atoms with Crippen molar-refractivity contribution in [3.05, 3.63) is 24.3 Å². The number of allylic oxidation sites excluding steroid dienone is 3. The van der Waals surface area contributed by atoms with Crippen molar-refractivity contribution in [2.75, 3.05) is 13.2 Å². The van der Waals surface area contributed by atoms with Crippen LogP contribution in [-0.4, -0.2) is 47.4 Å². The van der Waals surface area contributed by atoms with Crippen molar-refractivity contribution in [1.82, 2.24) is 5.32 Å². The first-order chi connectivity index (χ1) is 34.5. The zero-order valence-corrected chi connectivity index (χ0v) is 47.3. The summed E-state index contributed by atoms with van der Waals surface area (Å²) in [5, 5.41) is 23.2. The topological polar surface area (TPSA) is 95.9 Å². The Balaban J connectivity index is 3.44. The summed E-state index contributed by atoms with van der Waals surface area (Å²) in [6, 6.07) is -0.632. The minimum atomic E-state index is -0.848. The molecule has 0 aliphatic carbocycles. The molecule has 0 aromatic carbocycles. The fourth-order valence-electron chi connectivity index (χ4n) is 9.87. The number of amides is 1. The minimum Gasteiger partial charge on any atom is -0.466 e. The van der Waals surface area contributed by atoms with Crippen LogP contribution in [0.2, 0.25) is 0 Å². The van der Waals surface area contributed by atoms with Crippen LogP contribution >= 0.6 is 0 Å². The molecule has 0 saturated heterocycles. The number of esters is 1. The summed E-state index contributed by atoms with van der Waals surface area (Å²) >= 11 is 0. The van der Waals surface area contributed by atoms with Crippen LogP contribution in [0.3, 0.4) is 0 Å². The quantitative estimate of drug-likeness (QED) is 0.0321. The Hall–Kier alpha value is -1.66. The highest BCUT2D eigenvalue weighted by Crippen LogP contribution is 2.17. The van der Waals surface area contributed by atoms with Crippen molar-refractivity contribution in [3.63, 3.8) is 0 Å².